The zero-order chi connectivity index (χ0) is 19.7. The van der Waals surface area contributed by atoms with E-state index in [4.69, 9.17) is 9.15 Å². The van der Waals surface area contributed by atoms with Gasteiger partial charge in [0, 0.05) is 5.39 Å². The highest BCUT2D eigenvalue weighted by atomic mass is 19.4. The van der Waals surface area contributed by atoms with Crippen LogP contribution in [0.4, 0.5) is 13.2 Å². The molecule has 1 atom stereocenters. The molecule has 0 saturated carbocycles. The van der Waals surface area contributed by atoms with Gasteiger partial charge in [0.05, 0.1) is 13.7 Å². The number of amides is 1. The lowest BCUT2D eigenvalue weighted by Gasteiger charge is -2.31. The summed E-state index contributed by atoms with van der Waals surface area (Å²) in [6.45, 7) is -1.06. The van der Waals surface area contributed by atoms with E-state index in [1.807, 2.05) is 0 Å². The minimum Gasteiger partial charge on any atom is -0.493 e. The van der Waals surface area contributed by atoms with Crippen LogP contribution in [0.3, 0.4) is 0 Å². The van der Waals surface area contributed by atoms with E-state index < -0.39 is 24.2 Å². The van der Waals surface area contributed by atoms with E-state index in [0.29, 0.717) is 16.7 Å². The molecule has 2 aromatic carbocycles. The Morgan fingerprint density at radius 1 is 1.15 bits per heavy atom. The van der Waals surface area contributed by atoms with Crippen molar-refractivity contribution < 1.29 is 32.2 Å². The lowest BCUT2D eigenvalue weighted by Crippen LogP contribution is -2.51. The lowest BCUT2D eigenvalue weighted by atomic mass is 9.93. The maximum absolute atomic E-state index is 13.5. The van der Waals surface area contributed by atoms with Crippen LogP contribution >= 0.6 is 0 Å². The van der Waals surface area contributed by atoms with Gasteiger partial charge in [0.15, 0.2) is 17.1 Å². The second kappa shape index (κ2) is 6.96. The molecule has 3 rings (SSSR count). The van der Waals surface area contributed by atoms with Crippen LogP contribution in [0, 0.1) is 0 Å². The monoisotopic (exact) mass is 379 g/mol. The second-order valence-electron chi connectivity index (χ2n) is 5.90. The summed E-state index contributed by atoms with van der Waals surface area (Å²) in [5.41, 5.74) is -3.29. The van der Waals surface area contributed by atoms with Crippen molar-refractivity contribution in [1.82, 2.24) is 5.32 Å². The van der Waals surface area contributed by atoms with Crippen LogP contribution in [-0.4, -0.2) is 30.8 Å². The standard InChI is InChI=1S/C19H16F3NO4/c1-26-14-9-5-6-12-10-15(27-16(12)14)17(24)23-11-18(25,19(20,21)22)13-7-3-2-4-8-13/h2-10,25H,11H2,1H3,(H,23,24)/t18-/m0/s1. The van der Waals surface area contributed by atoms with Gasteiger partial charge >= 0.3 is 6.18 Å². The van der Waals surface area contributed by atoms with Gasteiger partial charge in [-0.05, 0) is 17.7 Å². The van der Waals surface area contributed by atoms with Crippen molar-refractivity contribution in [2.24, 2.45) is 0 Å². The molecule has 0 saturated heterocycles. The molecule has 0 bridgehead atoms. The van der Waals surface area contributed by atoms with Gasteiger partial charge < -0.3 is 19.6 Å². The van der Waals surface area contributed by atoms with Crippen LogP contribution < -0.4 is 10.1 Å². The summed E-state index contributed by atoms with van der Waals surface area (Å²) in [6, 6.07) is 13.0. The number of furan rings is 1. The summed E-state index contributed by atoms with van der Waals surface area (Å²) in [5, 5.41) is 12.9. The zero-order valence-electron chi connectivity index (χ0n) is 14.2. The average Bonchev–Trinajstić information content (AvgIpc) is 3.10. The number of benzene rings is 2. The first-order chi connectivity index (χ1) is 12.8. The topological polar surface area (TPSA) is 71.7 Å². The van der Waals surface area contributed by atoms with Gasteiger partial charge in [0.2, 0.25) is 5.60 Å². The molecule has 2 N–H and O–H groups in total. The molecule has 0 aliphatic rings. The van der Waals surface area contributed by atoms with E-state index in [9.17, 15) is 23.1 Å². The Morgan fingerprint density at radius 2 is 1.85 bits per heavy atom. The van der Waals surface area contributed by atoms with Crippen LogP contribution in [0.5, 0.6) is 5.75 Å². The van der Waals surface area contributed by atoms with Gasteiger partial charge in [-0.1, -0.05) is 42.5 Å². The van der Waals surface area contributed by atoms with Crippen LogP contribution in [0.15, 0.2) is 59.0 Å². The number of halogens is 3. The zero-order valence-corrected chi connectivity index (χ0v) is 14.2. The molecule has 0 fully saturated rings. The number of hydrogen-bond donors (Lipinski definition) is 2. The number of fused-ring (bicyclic) bond motifs is 1. The number of nitrogens with one attached hydrogen (secondary N) is 1. The van der Waals surface area contributed by atoms with Gasteiger partial charge in [0.1, 0.15) is 0 Å². The predicted octanol–water partition coefficient (Wildman–Crippen LogP) is 3.62. The number of alkyl halides is 3. The molecule has 0 aliphatic heterocycles. The Labute approximate surface area is 152 Å². The highest BCUT2D eigenvalue weighted by Gasteiger charge is 2.55. The second-order valence-corrected chi connectivity index (χ2v) is 5.90. The largest absolute Gasteiger partial charge is 0.493 e. The Bertz CT molecular complexity index is 952. The number of aliphatic hydroxyl groups is 1. The van der Waals surface area contributed by atoms with Crippen molar-refractivity contribution in [3.05, 3.63) is 65.9 Å². The number of carbonyl (C=O) groups is 1. The van der Waals surface area contributed by atoms with Crippen molar-refractivity contribution in [1.29, 1.82) is 0 Å². The fourth-order valence-corrected chi connectivity index (χ4v) is 2.68. The molecule has 27 heavy (non-hydrogen) atoms. The smallest absolute Gasteiger partial charge is 0.423 e. The number of ether oxygens (including phenoxy) is 1. The van der Waals surface area contributed by atoms with Gasteiger partial charge in [-0.2, -0.15) is 13.2 Å². The van der Waals surface area contributed by atoms with E-state index in [0.717, 1.165) is 12.1 Å². The minimum atomic E-state index is -4.99. The Balaban J connectivity index is 1.85. The van der Waals surface area contributed by atoms with Crippen LogP contribution in [0.2, 0.25) is 0 Å². The Kier molecular flexibility index (Phi) is 4.84. The minimum absolute atomic E-state index is 0.188. The summed E-state index contributed by atoms with van der Waals surface area (Å²) in [6.07, 6.45) is -4.99. The third-order valence-electron chi connectivity index (χ3n) is 4.18. The number of rotatable bonds is 5. The Hall–Kier alpha value is -3.00. The van der Waals surface area contributed by atoms with Gasteiger partial charge in [0.25, 0.3) is 5.91 Å². The molecule has 8 heteroatoms. The molecular weight excluding hydrogens is 363 g/mol. The van der Waals surface area contributed by atoms with Crippen LogP contribution in [0.25, 0.3) is 11.0 Å². The number of para-hydroxylation sites is 1. The third kappa shape index (κ3) is 3.48. The molecule has 5 nitrogen and oxygen atoms in total. The third-order valence-corrected chi connectivity index (χ3v) is 4.18. The van der Waals surface area contributed by atoms with Gasteiger partial charge in [-0.3, -0.25) is 4.79 Å². The van der Waals surface area contributed by atoms with E-state index in [-0.39, 0.29) is 11.3 Å². The maximum atomic E-state index is 13.5. The molecule has 0 unspecified atom stereocenters. The van der Waals surface area contributed by atoms with E-state index >= 15 is 0 Å². The van der Waals surface area contributed by atoms with Crippen molar-refractivity contribution in [2.45, 2.75) is 11.8 Å². The first-order valence-corrected chi connectivity index (χ1v) is 7.95. The SMILES string of the molecule is COc1cccc2cc(C(=O)NC[C@](O)(c3ccccc3)C(F)(F)F)oc12. The number of methoxy groups -OCH3 is 1. The molecule has 0 spiro atoms. The average molecular weight is 379 g/mol. The van der Waals surface area contributed by atoms with Gasteiger partial charge in [-0.25, -0.2) is 0 Å². The van der Waals surface area contributed by atoms with Crippen molar-refractivity contribution in [3.63, 3.8) is 0 Å². The van der Waals surface area contributed by atoms with Crippen molar-refractivity contribution in [2.75, 3.05) is 13.7 Å². The van der Waals surface area contributed by atoms with E-state index in [2.05, 4.69) is 5.32 Å². The molecule has 3 aromatic rings. The molecule has 1 amide bonds. The molecule has 142 valence electrons. The van der Waals surface area contributed by atoms with Gasteiger partial charge in [-0.15, -0.1) is 0 Å². The van der Waals surface area contributed by atoms with Crippen LogP contribution in [-0.2, 0) is 5.60 Å². The van der Waals surface area contributed by atoms with Crippen molar-refractivity contribution in [3.8, 4) is 5.75 Å². The molecule has 0 aliphatic carbocycles. The maximum Gasteiger partial charge on any atom is 0.423 e. The van der Waals surface area contributed by atoms with E-state index in [1.54, 1.807) is 18.2 Å². The molecular formula is C19H16F3NO4. The highest BCUT2D eigenvalue weighted by Crippen LogP contribution is 2.38. The quantitative estimate of drug-likeness (QED) is 0.710. The predicted molar refractivity (Wildman–Crippen MR) is 91.5 cm³/mol. The normalized spacial score (nSPS) is 14.0. The highest BCUT2D eigenvalue weighted by molar-refractivity contribution is 5.97. The van der Waals surface area contributed by atoms with E-state index in [1.165, 1.54) is 31.4 Å². The summed E-state index contributed by atoms with van der Waals surface area (Å²) >= 11 is 0. The summed E-state index contributed by atoms with van der Waals surface area (Å²) < 4.78 is 50.9. The summed E-state index contributed by atoms with van der Waals surface area (Å²) in [7, 11) is 1.43. The Morgan fingerprint density at radius 3 is 2.48 bits per heavy atom. The van der Waals surface area contributed by atoms with Crippen molar-refractivity contribution >= 4 is 16.9 Å². The summed E-state index contributed by atoms with van der Waals surface area (Å²) in [4.78, 5) is 12.3. The lowest BCUT2D eigenvalue weighted by molar-refractivity contribution is -0.263. The van der Waals surface area contributed by atoms with Crippen LogP contribution in [0.1, 0.15) is 16.1 Å². The number of hydrogen-bond acceptors (Lipinski definition) is 4. The molecule has 0 radical (unpaired) electrons. The fraction of sp³-hybridized carbons (Fsp3) is 0.211. The first-order valence-electron chi connectivity index (χ1n) is 7.95. The summed E-state index contributed by atoms with van der Waals surface area (Å²) in [5.74, 6) is -0.679. The number of carbonyl (C=O) groups excluding carboxylic acids is 1. The molecule has 1 aromatic heterocycles. The molecule has 1 heterocycles. The first kappa shape index (κ1) is 18.8. The fourth-order valence-electron chi connectivity index (χ4n) is 2.68.